The summed E-state index contributed by atoms with van der Waals surface area (Å²) < 4.78 is 6.39. The van der Waals surface area contributed by atoms with E-state index in [4.69, 9.17) is 14.5 Å². The molecule has 2 aromatic heterocycles. The van der Waals surface area contributed by atoms with Gasteiger partial charge in [-0.05, 0) is 77.4 Å². The first-order valence-electron chi connectivity index (χ1n) is 14.8. The molecule has 1 aliphatic rings. The molecule has 1 saturated carbocycles. The van der Waals surface area contributed by atoms with Crippen molar-refractivity contribution in [3.05, 3.63) is 108 Å². The number of carbonyl (C=O) groups excluding carboxylic acids is 1. The van der Waals surface area contributed by atoms with E-state index >= 15 is 0 Å². The standard InChI is InChI=1S/C30H28NO.C8H8O2.Ir/c1-30(2,3)22-17-25-24-10-6-7-11-27(24)32-29(25)26(18-22)28-23-13-12-20(19-8-4-5-9-19)16-21(23)14-15-31-28;1-6(9)7-4-2-3-5-8(7)10;/h6-7,10-17,19H,4-5,8-9H2,1-3H3;2-5,10H,1H3;/q-1;;. The van der Waals surface area contributed by atoms with Gasteiger partial charge >= 0.3 is 0 Å². The van der Waals surface area contributed by atoms with Crippen LogP contribution in [0.25, 0.3) is 44.0 Å². The summed E-state index contributed by atoms with van der Waals surface area (Å²) in [7, 11) is 0. The van der Waals surface area contributed by atoms with Crippen molar-refractivity contribution < 1.29 is 34.4 Å². The number of benzene rings is 4. The van der Waals surface area contributed by atoms with Crippen LogP contribution in [0, 0.1) is 6.07 Å². The molecule has 0 saturated heterocycles. The molecule has 1 fully saturated rings. The van der Waals surface area contributed by atoms with Gasteiger partial charge < -0.3 is 14.5 Å². The van der Waals surface area contributed by atoms with Gasteiger partial charge in [0.05, 0.1) is 11.1 Å². The zero-order valence-corrected chi connectivity index (χ0v) is 27.4. The van der Waals surface area contributed by atoms with Crippen LogP contribution in [0.1, 0.15) is 80.8 Å². The van der Waals surface area contributed by atoms with Gasteiger partial charge in [-0.15, -0.1) is 17.7 Å². The minimum absolute atomic E-state index is 0. The van der Waals surface area contributed by atoms with Gasteiger partial charge in [-0.1, -0.05) is 93.1 Å². The van der Waals surface area contributed by atoms with Crippen molar-refractivity contribution >= 4 is 38.5 Å². The third-order valence-corrected chi connectivity index (χ3v) is 8.35. The van der Waals surface area contributed by atoms with Gasteiger partial charge in [0, 0.05) is 31.7 Å². The molecule has 0 atom stereocenters. The molecule has 0 aliphatic heterocycles. The molecule has 5 heteroatoms. The minimum Gasteiger partial charge on any atom is -0.507 e. The van der Waals surface area contributed by atoms with Crippen LogP contribution >= 0.6 is 0 Å². The van der Waals surface area contributed by atoms with E-state index in [-0.39, 0.29) is 37.1 Å². The first-order valence-corrected chi connectivity index (χ1v) is 14.8. The molecule has 1 radical (unpaired) electrons. The molecule has 0 spiro atoms. The van der Waals surface area contributed by atoms with Gasteiger partial charge in [0.25, 0.3) is 0 Å². The molecule has 0 bridgehead atoms. The maximum atomic E-state index is 10.7. The first kappa shape index (κ1) is 30.7. The predicted molar refractivity (Wildman–Crippen MR) is 171 cm³/mol. The molecule has 4 aromatic carbocycles. The number of nitrogens with zero attached hydrogens (tertiary/aromatic N) is 1. The minimum atomic E-state index is -0.113. The fraction of sp³-hybridized carbons (Fsp3) is 0.263. The number of hydrogen-bond donors (Lipinski definition) is 1. The number of phenols is 1. The van der Waals surface area contributed by atoms with Gasteiger partial charge in [-0.3, -0.25) is 4.79 Å². The van der Waals surface area contributed by atoms with Crippen molar-refractivity contribution in [2.75, 3.05) is 0 Å². The van der Waals surface area contributed by atoms with Crippen LogP contribution < -0.4 is 0 Å². The maximum Gasteiger partial charge on any atom is 0.163 e. The number of para-hydroxylation sites is 2. The number of fused-ring (bicyclic) bond motifs is 4. The van der Waals surface area contributed by atoms with E-state index in [9.17, 15) is 4.79 Å². The fourth-order valence-electron chi connectivity index (χ4n) is 6.02. The van der Waals surface area contributed by atoms with Gasteiger partial charge in [0.15, 0.2) is 5.78 Å². The Kier molecular flexibility index (Phi) is 8.87. The summed E-state index contributed by atoms with van der Waals surface area (Å²) in [6.45, 7) is 8.14. The third-order valence-electron chi connectivity index (χ3n) is 8.35. The van der Waals surface area contributed by atoms with Crippen LogP contribution in [-0.4, -0.2) is 15.9 Å². The van der Waals surface area contributed by atoms with Gasteiger partial charge in [0.2, 0.25) is 0 Å². The Morgan fingerprint density at radius 1 is 0.907 bits per heavy atom. The summed E-state index contributed by atoms with van der Waals surface area (Å²) in [5.41, 5.74) is 6.69. The summed E-state index contributed by atoms with van der Waals surface area (Å²) in [5.74, 6) is 0.641. The topological polar surface area (TPSA) is 63.3 Å². The SMILES string of the molecule is CC(=O)c1ccccc1O.CC(C)(C)c1[c-]c(-c2nccc3cc(C4CCCC4)ccc23)c2oc3ccccc3c2c1.[Ir]. The second kappa shape index (κ2) is 12.4. The van der Waals surface area contributed by atoms with Crippen LogP contribution in [0.15, 0.2) is 89.5 Å². The Labute approximate surface area is 266 Å². The quantitative estimate of drug-likeness (QED) is 0.145. The zero-order valence-electron chi connectivity index (χ0n) is 25.0. The van der Waals surface area contributed by atoms with E-state index < -0.39 is 0 Å². The smallest absolute Gasteiger partial charge is 0.163 e. The number of rotatable bonds is 3. The number of pyridine rings is 1. The Morgan fingerprint density at radius 3 is 2.33 bits per heavy atom. The van der Waals surface area contributed by atoms with Crippen LogP contribution in [-0.2, 0) is 25.5 Å². The predicted octanol–water partition coefficient (Wildman–Crippen LogP) is 10.1. The number of furan rings is 1. The maximum absolute atomic E-state index is 10.7. The summed E-state index contributed by atoms with van der Waals surface area (Å²) in [6, 6.07) is 29.8. The van der Waals surface area contributed by atoms with Crippen molar-refractivity contribution in [1.82, 2.24) is 4.98 Å². The molecule has 7 rings (SSSR count). The van der Waals surface area contributed by atoms with E-state index in [0.29, 0.717) is 11.5 Å². The summed E-state index contributed by atoms with van der Waals surface area (Å²) in [4.78, 5) is 15.6. The van der Waals surface area contributed by atoms with Crippen LogP contribution in [0.2, 0.25) is 0 Å². The second-order valence-electron chi connectivity index (χ2n) is 12.3. The molecule has 6 aromatic rings. The molecule has 221 valence electrons. The number of ketones is 1. The third kappa shape index (κ3) is 6.16. The van der Waals surface area contributed by atoms with Crippen LogP contribution in [0.4, 0.5) is 0 Å². The van der Waals surface area contributed by atoms with E-state index in [1.807, 2.05) is 18.3 Å². The molecular formula is C38H36IrNO3-. The summed E-state index contributed by atoms with van der Waals surface area (Å²) >= 11 is 0. The number of aromatic nitrogens is 1. The number of carbonyl (C=O) groups is 1. The van der Waals surface area contributed by atoms with E-state index in [1.54, 1.807) is 18.2 Å². The van der Waals surface area contributed by atoms with Gasteiger partial charge in [0.1, 0.15) is 11.3 Å². The molecule has 1 aliphatic carbocycles. The van der Waals surface area contributed by atoms with Crippen molar-refractivity contribution in [1.29, 1.82) is 0 Å². The average molecular weight is 747 g/mol. The first-order chi connectivity index (χ1) is 20.2. The summed E-state index contributed by atoms with van der Waals surface area (Å²) in [5, 5.41) is 13.8. The summed E-state index contributed by atoms with van der Waals surface area (Å²) in [6.07, 6.45) is 7.25. The Bertz CT molecular complexity index is 1930. The molecule has 2 heterocycles. The van der Waals surface area contributed by atoms with Gasteiger partial charge in [-0.2, -0.15) is 0 Å². The monoisotopic (exact) mass is 747 g/mol. The molecular weight excluding hydrogens is 711 g/mol. The number of hydrogen-bond acceptors (Lipinski definition) is 4. The van der Waals surface area contributed by atoms with Gasteiger partial charge in [-0.25, -0.2) is 0 Å². The van der Waals surface area contributed by atoms with Crippen molar-refractivity contribution in [2.45, 2.75) is 64.7 Å². The number of phenolic OH excluding ortho intramolecular Hbond substituents is 1. The van der Waals surface area contributed by atoms with Crippen molar-refractivity contribution in [3.63, 3.8) is 0 Å². The Balaban J connectivity index is 0.000000287. The van der Waals surface area contributed by atoms with E-state index in [2.05, 4.69) is 69.3 Å². The fourth-order valence-corrected chi connectivity index (χ4v) is 6.02. The Hall–Kier alpha value is -3.79. The average Bonchev–Trinajstić information content (AvgIpc) is 3.65. The van der Waals surface area contributed by atoms with E-state index in [0.717, 1.165) is 33.2 Å². The Morgan fingerprint density at radius 2 is 1.63 bits per heavy atom. The van der Waals surface area contributed by atoms with Crippen molar-refractivity contribution in [2.24, 2.45) is 0 Å². The zero-order chi connectivity index (χ0) is 29.4. The van der Waals surface area contributed by atoms with Crippen molar-refractivity contribution in [3.8, 4) is 17.0 Å². The molecule has 4 nitrogen and oxygen atoms in total. The molecule has 0 unspecified atom stereocenters. The van der Waals surface area contributed by atoms with Crippen LogP contribution in [0.3, 0.4) is 0 Å². The normalized spacial score (nSPS) is 13.6. The van der Waals surface area contributed by atoms with Crippen LogP contribution in [0.5, 0.6) is 5.75 Å². The molecule has 1 N–H and O–H groups in total. The molecule has 43 heavy (non-hydrogen) atoms. The number of aromatic hydroxyl groups is 1. The largest absolute Gasteiger partial charge is 0.507 e. The second-order valence-corrected chi connectivity index (χ2v) is 12.3. The molecule has 0 amide bonds. The number of Topliss-reactive ketones (excluding diaryl/α,β-unsaturated/α-hetero) is 1. The van der Waals surface area contributed by atoms with E-state index in [1.165, 1.54) is 60.6 Å².